The van der Waals surface area contributed by atoms with E-state index in [0.717, 1.165) is 23.4 Å². The molecule has 1 saturated carbocycles. The van der Waals surface area contributed by atoms with Crippen molar-refractivity contribution in [3.8, 4) is 0 Å². The summed E-state index contributed by atoms with van der Waals surface area (Å²) >= 11 is 5.96. The Morgan fingerprint density at radius 2 is 2.11 bits per heavy atom. The van der Waals surface area contributed by atoms with Crippen molar-refractivity contribution < 1.29 is 4.79 Å². The van der Waals surface area contributed by atoms with Gasteiger partial charge in [-0.2, -0.15) is 0 Å². The molecule has 4 heteroatoms. The van der Waals surface area contributed by atoms with Gasteiger partial charge in [0.2, 0.25) is 5.91 Å². The topological polar surface area (TPSA) is 41.1 Å². The van der Waals surface area contributed by atoms with Crippen LogP contribution in [0.3, 0.4) is 0 Å². The second kappa shape index (κ2) is 5.72. The van der Waals surface area contributed by atoms with Crippen LogP contribution < -0.4 is 10.6 Å². The SMILES string of the molecule is CC(N[C@H](C)c1cccc(Cl)c1)C(=O)NC1CC1. The van der Waals surface area contributed by atoms with Crippen molar-refractivity contribution in [2.45, 2.75) is 44.8 Å². The molecule has 1 fully saturated rings. The van der Waals surface area contributed by atoms with Gasteiger partial charge in [-0.1, -0.05) is 23.7 Å². The molecule has 2 rings (SSSR count). The Labute approximate surface area is 113 Å². The largest absolute Gasteiger partial charge is 0.352 e. The van der Waals surface area contributed by atoms with E-state index < -0.39 is 0 Å². The summed E-state index contributed by atoms with van der Waals surface area (Å²) in [6.07, 6.45) is 2.23. The van der Waals surface area contributed by atoms with Gasteiger partial charge in [-0.15, -0.1) is 0 Å². The van der Waals surface area contributed by atoms with Crippen LogP contribution in [0.25, 0.3) is 0 Å². The number of amides is 1. The molecule has 0 saturated heterocycles. The normalized spacial score (nSPS) is 18.2. The summed E-state index contributed by atoms with van der Waals surface area (Å²) in [6.45, 7) is 3.92. The monoisotopic (exact) mass is 266 g/mol. The van der Waals surface area contributed by atoms with Gasteiger partial charge in [0.05, 0.1) is 6.04 Å². The molecule has 98 valence electrons. The van der Waals surface area contributed by atoms with Gasteiger partial charge in [-0.3, -0.25) is 10.1 Å². The van der Waals surface area contributed by atoms with Crippen molar-refractivity contribution in [2.24, 2.45) is 0 Å². The van der Waals surface area contributed by atoms with Crippen molar-refractivity contribution in [3.63, 3.8) is 0 Å². The molecule has 0 bridgehead atoms. The first-order valence-electron chi connectivity index (χ1n) is 6.38. The van der Waals surface area contributed by atoms with E-state index >= 15 is 0 Å². The lowest BCUT2D eigenvalue weighted by molar-refractivity contribution is -0.123. The first-order chi connectivity index (χ1) is 8.56. The van der Waals surface area contributed by atoms with E-state index in [4.69, 9.17) is 11.6 Å². The molecule has 0 heterocycles. The van der Waals surface area contributed by atoms with E-state index in [0.29, 0.717) is 6.04 Å². The zero-order valence-corrected chi connectivity index (χ0v) is 11.5. The van der Waals surface area contributed by atoms with E-state index in [2.05, 4.69) is 10.6 Å². The number of rotatable bonds is 5. The first-order valence-corrected chi connectivity index (χ1v) is 6.76. The lowest BCUT2D eigenvalue weighted by atomic mass is 10.1. The number of hydrogen-bond donors (Lipinski definition) is 2. The minimum atomic E-state index is -0.195. The van der Waals surface area contributed by atoms with Crippen LogP contribution in [0.1, 0.15) is 38.3 Å². The molecule has 1 aromatic rings. The molecule has 1 amide bonds. The Balaban J connectivity index is 1.89. The van der Waals surface area contributed by atoms with Crippen molar-refractivity contribution >= 4 is 17.5 Å². The van der Waals surface area contributed by atoms with Crippen molar-refractivity contribution in [2.75, 3.05) is 0 Å². The molecule has 1 aliphatic rings. The highest BCUT2D eigenvalue weighted by atomic mass is 35.5. The molecule has 0 aromatic heterocycles. The Hall–Kier alpha value is -1.06. The second-order valence-electron chi connectivity index (χ2n) is 4.95. The molecule has 1 aliphatic carbocycles. The Bertz CT molecular complexity index is 432. The summed E-state index contributed by atoms with van der Waals surface area (Å²) in [4.78, 5) is 11.8. The van der Waals surface area contributed by atoms with E-state index in [9.17, 15) is 4.79 Å². The van der Waals surface area contributed by atoms with Gasteiger partial charge in [0.1, 0.15) is 0 Å². The van der Waals surface area contributed by atoms with Gasteiger partial charge in [-0.25, -0.2) is 0 Å². The average molecular weight is 267 g/mol. The maximum absolute atomic E-state index is 11.8. The van der Waals surface area contributed by atoms with Gasteiger partial charge in [0.15, 0.2) is 0 Å². The molecular formula is C14H19ClN2O. The summed E-state index contributed by atoms with van der Waals surface area (Å²) in [5, 5.41) is 7.00. The van der Waals surface area contributed by atoms with Crippen LogP contribution in [0.4, 0.5) is 0 Å². The lowest BCUT2D eigenvalue weighted by Crippen LogP contribution is -2.43. The number of carbonyl (C=O) groups is 1. The zero-order valence-electron chi connectivity index (χ0n) is 10.7. The molecule has 0 radical (unpaired) electrons. The number of halogens is 1. The van der Waals surface area contributed by atoms with Gasteiger partial charge in [-0.05, 0) is 44.4 Å². The van der Waals surface area contributed by atoms with Crippen LogP contribution in [-0.2, 0) is 4.79 Å². The predicted octanol–water partition coefficient (Wildman–Crippen LogP) is 2.66. The summed E-state index contributed by atoms with van der Waals surface area (Å²) in [5.41, 5.74) is 1.09. The highest BCUT2D eigenvalue weighted by molar-refractivity contribution is 6.30. The van der Waals surface area contributed by atoms with Gasteiger partial charge >= 0.3 is 0 Å². The molecule has 0 spiro atoms. The molecular weight excluding hydrogens is 248 g/mol. The number of nitrogens with one attached hydrogen (secondary N) is 2. The summed E-state index contributed by atoms with van der Waals surface area (Å²) in [5.74, 6) is 0.0754. The molecule has 1 unspecified atom stereocenters. The maximum Gasteiger partial charge on any atom is 0.237 e. The highest BCUT2D eigenvalue weighted by Gasteiger charge is 2.26. The van der Waals surface area contributed by atoms with Gasteiger partial charge in [0.25, 0.3) is 0 Å². The van der Waals surface area contributed by atoms with Crippen LogP contribution in [0.5, 0.6) is 0 Å². The van der Waals surface area contributed by atoms with Gasteiger partial charge in [0, 0.05) is 17.1 Å². The fourth-order valence-electron chi connectivity index (χ4n) is 1.88. The number of hydrogen-bond acceptors (Lipinski definition) is 2. The number of carbonyl (C=O) groups excluding carboxylic acids is 1. The smallest absolute Gasteiger partial charge is 0.237 e. The molecule has 0 aliphatic heterocycles. The fourth-order valence-corrected chi connectivity index (χ4v) is 2.08. The van der Waals surface area contributed by atoms with E-state index in [1.54, 1.807) is 0 Å². The Kier molecular flexibility index (Phi) is 4.25. The third-order valence-electron chi connectivity index (χ3n) is 3.17. The van der Waals surface area contributed by atoms with Crippen molar-refractivity contribution in [1.29, 1.82) is 0 Å². The third-order valence-corrected chi connectivity index (χ3v) is 3.40. The summed E-state index contributed by atoms with van der Waals surface area (Å²) in [6, 6.07) is 8.01. The van der Waals surface area contributed by atoms with Crippen LogP contribution in [0, 0.1) is 0 Å². The highest BCUT2D eigenvalue weighted by Crippen LogP contribution is 2.20. The fraction of sp³-hybridized carbons (Fsp3) is 0.500. The Morgan fingerprint density at radius 1 is 1.39 bits per heavy atom. The van der Waals surface area contributed by atoms with Crippen LogP contribution in [0.2, 0.25) is 5.02 Å². The number of benzene rings is 1. The third kappa shape index (κ3) is 3.72. The quantitative estimate of drug-likeness (QED) is 0.860. The maximum atomic E-state index is 11.8. The molecule has 2 atom stereocenters. The van der Waals surface area contributed by atoms with E-state index in [-0.39, 0.29) is 18.0 Å². The summed E-state index contributed by atoms with van der Waals surface area (Å²) in [7, 11) is 0. The molecule has 3 nitrogen and oxygen atoms in total. The molecule has 18 heavy (non-hydrogen) atoms. The molecule has 1 aromatic carbocycles. The van der Waals surface area contributed by atoms with E-state index in [1.165, 1.54) is 0 Å². The van der Waals surface area contributed by atoms with E-state index in [1.807, 2.05) is 38.1 Å². The van der Waals surface area contributed by atoms with Crippen molar-refractivity contribution in [1.82, 2.24) is 10.6 Å². The van der Waals surface area contributed by atoms with Gasteiger partial charge < -0.3 is 5.32 Å². The first kappa shape index (κ1) is 13.4. The Morgan fingerprint density at radius 3 is 2.72 bits per heavy atom. The lowest BCUT2D eigenvalue weighted by Gasteiger charge is -2.20. The standard InChI is InChI=1S/C14H19ClN2O/c1-9(11-4-3-5-12(15)8-11)16-10(2)14(18)17-13-6-7-13/h3-5,8-10,13,16H,6-7H2,1-2H3,(H,17,18)/t9-,10?/m1/s1. The zero-order chi connectivity index (χ0) is 13.1. The molecule has 2 N–H and O–H groups in total. The minimum absolute atomic E-state index is 0.0754. The minimum Gasteiger partial charge on any atom is -0.352 e. The van der Waals surface area contributed by atoms with Crippen molar-refractivity contribution in [3.05, 3.63) is 34.9 Å². The van der Waals surface area contributed by atoms with Crippen LogP contribution in [0.15, 0.2) is 24.3 Å². The average Bonchev–Trinajstić information content (AvgIpc) is 3.12. The second-order valence-corrected chi connectivity index (χ2v) is 5.38. The predicted molar refractivity (Wildman–Crippen MR) is 73.6 cm³/mol. The van der Waals surface area contributed by atoms with Crippen LogP contribution in [-0.4, -0.2) is 18.0 Å². The summed E-state index contributed by atoms with van der Waals surface area (Å²) < 4.78 is 0. The van der Waals surface area contributed by atoms with Crippen LogP contribution >= 0.6 is 11.6 Å².